The van der Waals surface area contributed by atoms with Crippen LogP contribution in [-0.4, -0.2) is 9.55 Å². The number of hydrogen-bond donors (Lipinski definition) is 1. The lowest BCUT2D eigenvalue weighted by atomic mass is 10.1. The van der Waals surface area contributed by atoms with E-state index in [1.807, 2.05) is 31.2 Å². The Morgan fingerprint density at radius 3 is 2.70 bits per heavy atom. The summed E-state index contributed by atoms with van der Waals surface area (Å²) in [6, 6.07) is 12.3. The molecule has 3 rings (SSSR count). The van der Waals surface area contributed by atoms with Crippen molar-refractivity contribution in [2.24, 2.45) is 0 Å². The molecule has 1 heterocycles. The van der Waals surface area contributed by atoms with Gasteiger partial charge in [-0.3, -0.25) is 0 Å². The van der Waals surface area contributed by atoms with Gasteiger partial charge in [0, 0.05) is 22.3 Å². The average Bonchev–Trinajstić information content (AvgIpc) is 2.79. The molecule has 0 bridgehead atoms. The monoisotopic (exact) mass is 329 g/mol. The molecule has 0 atom stereocenters. The summed E-state index contributed by atoms with van der Waals surface area (Å²) < 4.78 is 3.26. The quantitative estimate of drug-likeness (QED) is 0.709. The van der Waals surface area contributed by atoms with Crippen LogP contribution in [0.25, 0.3) is 22.4 Å². The first-order valence-corrected chi connectivity index (χ1v) is 7.41. The van der Waals surface area contributed by atoms with Crippen LogP contribution in [0.3, 0.4) is 0 Å². The smallest absolute Gasteiger partial charge is 0.141 e. The molecule has 20 heavy (non-hydrogen) atoms. The fourth-order valence-electron chi connectivity index (χ4n) is 2.42. The highest BCUT2D eigenvalue weighted by Gasteiger charge is 2.12. The van der Waals surface area contributed by atoms with Crippen molar-refractivity contribution >= 4 is 32.7 Å². The van der Waals surface area contributed by atoms with E-state index in [0.29, 0.717) is 0 Å². The van der Waals surface area contributed by atoms with Gasteiger partial charge in [0.25, 0.3) is 0 Å². The Balaban J connectivity index is 2.26. The summed E-state index contributed by atoms with van der Waals surface area (Å²) in [4.78, 5) is 4.76. The zero-order valence-corrected chi connectivity index (χ0v) is 13.1. The molecule has 102 valence electrons. The maximum Gasteiger partial charge on any atom is 0.141 e. The topological polar surface area (TPSA) is 43.8 Å². The fraction of sp³-hybridized carbons (Fsp3) is 0.188. The van der Waals surface area contributed by atoms with Crippen LogP contribution in [0.2, 0.25) is 0 Å². The predicted molar refractivity (Wildman–Crippen MR) is 87.7 cm³/mol. The van der Waals surface area contributed by atoms with Gasteiger partial charge in [-0.25, -0.2) is 4.98 Å². The second kappa shape index (κ2) is 4.94. The molecule has 0 aliphatic carbocycles. The van der Waals surface area contributed by atoms with E-state index in [9.17, 15) is 0 Å². The highest BCUT2D eigenvalue weighted by atomic mass is 79.9. The maximum atomic E-state index is 6.02. The SMILES string of the molecule is CCn1c(-c2ccc(C)c(N)c2)nc2cc(Br)ccc21. The van der Waals surface area contributed by atoms with Crippen LogP contribution in [-0.2, 0) is 6.54 Å². The molecule has 0 amide bonds. The Hall–Kier alpha value is -1.81. The number of nitrogens with two attached hydrogens (primary N) is 1. The van der Waals surface area contributed by atoms with Crippen molar-refractivity contribution in [1.29, 1.82) is 0 Å². The second-order valence-corrected chi connectivity index (χ2v) is 5.80. The van der Waals surface area contributed by atoms with Crippen molar-refractivity contribution in [3.05, 3.63) is 46.4 Å². The lowest BCUT2D eigenvalue weighted by Gasteiger charge is -2.08. The highest BCUT2D eigenvalue weighted by molar-refractivity contribution is 9.10. The van der Waals surface area contributed by atoms with Gasteiger partial charge in [0.05, 0.1) is 11.0 Å². The van der Waals surface area contributed by atoms with Crippen molar-refractivity contribution in [2.45, 2.75) is 20.4 Å². The van der Waals surface area contributed by atoms with Gasteiger partial charge >= 0.3 is 0 Å². The van der Waals surface area contributed by atoms with Gasteiger partial charge in [0.1, 0.15) is 5.82 Å². The van der Waals surface area contributed by atoms with Gasteiger partial charge in [-0.2, -0.15) is 0 Å². The van der Waals surface area contributed by atoms with Crippen molar-refractivity contribution in [3.8, 4) is 11.4 Å². The molecule has 1 aromatic heterocycles. The van der Waals surface area contributed by atoms with Crippen LogP contribution in [0.15, 0.2) is 40.9 Å². The van der Waals surface area contributed by atoms with E-state index in [1.54, 1.807) is 0 Å². The van der Waals surface area contributed by atoms with Gasteiger partial charge in [-0.05, 0) is 43.7 Å². The van der Waals surface area contributed by atoms with E-state index in [2.05, 4.69) is 39.6 Å². The summed E-state index contributed by atoms with van der Waals surface area (Å²) in [6.45, 7) is 5.02. The molecular formula is C16H16BrN3. The van der Waals surface area contributed by atoms with Gasteiger partial charge in [0.2, 0.25) is 0 Å². The minimum atomic E-state index is 0.804. The number of fused-ring (bicyclic) bond motifs is 1. The summed E-state index contributed by atoms with van der Waals surface area (Å²) in [7, 11) is 0. The van der Waals surface area contributed by atoms with E-state index in [4.69, 9.17) is 10.7 Å². The molecule has 2 aromatic carbocycles. The summed E-state index contributed by atoms with van der Waals surface area (Å²) in [5, 5.41) is 0. The van der Waals surface area contributed by atoms with E-state index < -0.39 is 0 Å². The van der Waals surface area contributed by atoms with Gasteiger partial charge < -0.3 is 10.3 Å². The lowest BCUT2D eigenvalue weighted by Crippen LogP contribution is -1.98. The number of benzene rings is 2. The number of aromatic nitrogens is 2. The van der Waals surface area contributed by atoms with E-state index in [0.717, 1.165) is 44.7 Å². The minimum Gasteiger partial charge on any atom is -0.398 e. The van der Waals surface area contributed by atoms with Crippen LogP contribution in [0, 0.1) is 6.92 Å². The molecule has 0 unspecified atom stereocenters. The number of halogens is 1. The first-order valence-electron chi connectivity index (χ1n) is 6.62. The molecule has 0 saturated carbocycles. The molecule has 0 radical (unpaired) electrons. The number of hydrogen-bond acceptors (Lipinski definition) is 2. The molecule has 0 saturated heterocycles. The Morgan fingerprint density at radius 1 is 1.20 bits per heavy atom. The molecular weight excluding hydrogens is 314 g/mol. The Labute approximate surface area is 126 Å². The zero-order valence-electron chi connectivity index (χ0n) is 11.5. The summed E-state index contributed by atoms with van der Waals surface area (Å²) in [5.41, 5.74) is 11.1. The zero-order chi connectivity index (χ0) is 14.3. The summed E-state index contributed by atoms with van der Waals surface area (Å²) in [6.07, 6.45) is 0. The van der Waals surface area contributed by atoms with E-state index in [1.165, 1.54) is 0 Å². The van der Waals surface area contributed by atoms with E-state index >= 15 is 0 Å². The highest BCUT2D eigenvalue weighted by Crippen LogP contribution is 2.28. The molecule has 4 heteroatoms. The third-order valence-electron chi connectivity index (χ3n) is 3.56. The Morgan fingerprint density at radius 2 is 2.00 bits per heavy atom. The van der Waals surface area contributed by atoms with Gasteiger partial charge in [0.15, 0.2) is 0 Å². The number of rotatable bonds is 2. The third-order valence-corrected chi connectivity index (χ3v) is 4.06. The number of imidazole rings is 1. The standard InChI is InChI=1S/C16H16BrN3/c1-3-20-15-7-6-12(17)9-14(15)19-16(20)11-5-4-10(2)13(18)8-11/h4-9H,3,18H2,1-2H3. The first-order chi connectivity index (χ1) is 9.60. The Kier molecular flexibility index (Phi) is 3.26. The molecule has 0 aliphatic rings. The summed E-state index contributed by atoms with van der Waals surface area (Å²) >= 11 is 3.50. The maximum absolute atomic E-state index is 6.02. The van der Waals surface area contributed by atoms with Crippen LogP contribution in [0.1, 0.15) is 12.5 Å². The predicted octanol–water partition coefficient (Wildman–Crippen LogP) is 4.38. The number of anilines is 1. The number of nitrogen functional groups attached to an aromatic ring is 1. The van der Waals surface area contributed by atoms with Crippen molar-refractivity contribution in [3.63, 3.8) is 0 Å². The van der Waals surface area contributed by atoms with Crippen LogP contribution < -0.4 is 5.73 Å². The molecule has 3 aromatic rings. The molecule has 3 nitrogen and oxygen atoms in total. The van der Waals surface area contributed by atoms with Gasteiger partial charge in [-0.1, -0.05) is 28.1 Å². The first kappa shape index (κ1) is 13.2. The van der Waals surface area contributed by atoms with Crippen molar-refractivity contribution in [1.82, 2.24) is 9.55 Å². The summed E-state index contributed by atoms with van der Waals surface area (Å²) in [5.74, 6) is 0.965. The van der Waals surface area contributed by atoms with E-state index in [-0.39, 0.29) is 0 Å². The van der Waals surface area contributed by atoms with Crippen LogP contribution in [0.5, 0.6) is 0 Å². The lowest BCUT2D eigenvalue weighted by molar-refractivity contribution is 0.796. The number of nitrogens with zero attached hydrogens (tertiary/aromatic N) is 2. The minimum absolute atomic E-state index is 0.804. The third kappa shape index (κ3) is 2.10. The van der Waals surface area contributed by atoms with Crippen molar-refractivity contribution < 1.29 is 0 Å². The van der Waals surface area contributed by atoms with Crippen LogP contribution in [0.4, 0.5) is 5.69 Å². The number of aryl methyl sites for hydroxylation is 2. The average molecular weight is 330 g/mol. The molecule has 0 spiro atoms. The van der Waals surface area contributed by atoms with Crippen LogP contribution >= 0.6 is 15.9 Å². The van der Waals surface area contributed by atoms with Crippen molar-refractivity contribution in [2.75, 3.05) is 5.73 Å². The largest absolute Gasteiger partial charge is 0.398 e. The Bertz CT molecular complexity index is 790. The van der Waals surface area contributed by atoms with Gasteiger partial charge in [-0.15, -0.1) is 0 Å². The molecule has 2 N–H and O–H groups in total. The molecule has 0 fully saturated rings. The normalized spacial score (nSPS) is 11.2. The second-order valence-electron chi connectivity index (χ2n) is 4.88. The fourth-order valence-corrected chi connectivity index (χ4v) is 2.77. The molecule has 0 aliphatic heterocycles.